The Balaban J connectivity index is 1.27. The highest BCUT2D eigenvalue weighted by Gasteiger charge is 2.74. The Morgan fingerprint density at radius 2 is 1.70 bits per heavy atom. The highest BCUT2D eigenvalue weighted by atomic mass is 16.6. The third-order valence-electron chi connectivity index (χ3n) is 9.16. The summed E-state index contributed by atoms with van der Waals surface area (Å²) in [6, 6.07) is 21.9. The molecule has 2 bridgehead atoms. The molecule has 3 fully saturated rings. The molecule has 204 valence electrons. The van der Waals surface area contributed by atoms with E-state index >= 15 is 0 Å². The van der Waals surface area contributed by atoms with Gasteiger partial charge in [-0.05, 0) is 44.4 Å². The van der Waals surface area contributed by atoms with Gasteiger partial charge in [0.25, 0.3) is 0 Å². The van der Waals surface area contributed by atoms with Gasteiger partial charge in [-0.2, -0.15) is 5.26 Å². The molecule has 5 atom stereocenters. The van der Waals surface area contributed by atoms with Crippen molar-refractivity contribution >= 4 is 34.2 Å². The fraction of sp³-hybridized carbons (Fsp3) is 0.375. The number of imide groups is 1. The molecular formula is C32H30N2O6. The minimum Gasteiger partial charge on any atom is -0.463 e. The molecule has 0 N–H and O–H groups in total. The van der Waals surface area contributed by atoms with Crippen LogP contribution in [0.4, 0.5) is 5.69 Å². The van der Waals surface area contributed by atoms with E-state index in [1.807, 2.05) is 49.4 Å². The van der Waals surface area contributed by atoms with E-state index in [-0.39, 0.29) is 24.8 Å². The number of carbonyl (C=O) groups excluding carboxylic acids is 3. The second-order valence-electron chi connectivity index (χ2n) is 11.2. The van der Waals surface area contributed by atoms with Crippen molar-refractivity contribution in [3.05, 3.63) is 77.9 Å². The van der Waals surface area contributed by atoms with E-state index in [4.69, 9.17) is 14.2 Å². The Hall–Kier alpha value is -4.06. The summed E-state index contributed by atoms with van der Waals surface area (Å²) < 4.78 is 17.8. The Morgan fingerprint density at radius 3 is 2.40 bits per heavy atom. The minimum atomic E-state index is -1.28. The number of methoxy groups -OCH3 is 1. The van der Waals surface area contributed by atoms with Gasteiger partial charge in [-0.25, -0.2) is 9.69 Å². The van der Waals surface area contributed by atoms with Gasteiger partial charge in [-0.3, -0.25) is 9.59 Å². The maximum absolute atomic E-state index is 14.1. The first-order valence-corrected chi connectivity index (χ1v) is 13.5. The first kappa shape index (κ1) is 26.2. The van der Waals surface area contributed by atoms with Crippen LogP contribution in [0.25, 0.3) is 10.8 Å². The molecule has 8 nitrogen and oxygen atoms in total. The van der Waals surface area contributed by atoms with Gasteiger partial charge in [0.05, 0.1) is 47.0 Å². The number of esters is 1. The Labute approximate surface area is 232 Å². The Bertz CT molecular complexity index is 1580. The second kappa shape index (κ2) is 9.26. The maximum atomic E-state index is 14.1. The molecule has 3 aliphatic heterocycles. The molecule has 0 aromatic heterocycles. The van der Waals surface area contributed by atoms with Gasteiger partial charge in [0.1, 0.15) is 0 Å². The molecule has 3 aliphatic rings. The lowest BCUT2D eigenvalue weighted by Crippen LogP contribution is -2.43. The summed E-state index contributed by atoms with van der Waals surface area (Å²) in [4.78, 5) is 42.4. The fourth-order valence-electron chi connectivity index (χ4n) is 6.95. The topological polar surface area (TPSA) is 106 Å². The van der Waals surface area contributed by atoms with Gasteiger partial charge in [-0.1, -0.05) is 54.6 Å². The number of rotatable bonds is 7. The smallest absolute Gasteiger partial charge is 0.342 e. The largest absolute Gasteiger partial charge is 0.463 e. The number of nitrogens with zero attached hydrogens (tertiary/aromatic N) is 2. The molecule has 3 heterocycles. The molecule has 1 unspecified atom stereocenters. The Kier molecular flexibility index (Phi) is 6.06. The standard InChI is InChI=1S/C32H30N2O6/c1-30-15-16-32(40-30,17-18-39-29(37)31(2,38-3)21-9-5-4-6-10-21)26-25(30)27(35)34(28(26)36)24-14-13-20(19-33)22-11-7-8-12-23(22)24/h4-14,25-26H,15-18H2,1-3H3/t25-,26+,30+,31-,32?/m1/s1. The van der Waals surface area contributed by atoms with Crippen molar-refractivity contribution in [2.45, 2.75) is 49.9 Å². The molecule has 2 amide bonds. The SMILES string of the molecule is CO[C@@](C)(C(=O)OCCC12CC[C@](C)(O1)[C@H]1C(=O)N(c3ccc(C#N)c4ccccc34)C(=O)[C@H]12)c1ccccc1. The van der Waals surface area contributed by atoms with Crippen LogP contribution in [0.15, 0.2) is 66.7 Å². The van der Waals surface area contributed by atoms with Crippen LogP contribution in [0.5, 0.6) is 0 Å². The summed E-state index contributed by atoms with van der Waals surface area (Å²) >= 11 is 0. The van der Waals surface area contributed by atoms with Crippen molar-refractivity contribution in [3.8, 4) is 6.07 Å². The third kappa shape index (κ3) is 3.61. The zero-order chi connectivity index (χ0) is 28.3. The van der Waals surface area contributed by atoms with Crippen LogP contribution in [0.2, 0.25) is 0 Å². The number of hydrogen-bond donors (Lipinski definition) is 0. The molecule has 6 rings (SSSR count). The number of carbonyl (C=O) groups is 3. The number of anilines is 1. The molecule has 0 radical (unpaired) electrons. The molecular weight excluding hydrogens is 508 g/mol. The van der Waals surface area contributed by atoms with Gasteiger partial charge in [0, 0.05) is 24.3 Å². The summed E-state index contributed by atoms with van der Waals surface area (Å²) in [6.07, 6.45) is 1.50. The summed E-state index contributed by atoms with van der Waals surface area (Å²) in [5.74, 6) is -2.46. The normalized spacial score (nSPS) is 28.4. The molecule has 40 heavy (non-hydrogen) atoms. The van der Waals surface area contributed by atoms with E-state index < -0.39 is 34.6 Å². The van der Waals surface area contributed by atoms with Crippen LogP contribution in [-0.4, -0.2) is 42.7 Å². The van der Waals surface area contributed by atoms with Crippen LogP contribution in [0.1, 0.15) is 44.2 Å². The van der Waals surface area contributed by atoms with Crippen molar-refractivity contribution in [2.75, 3.05) is 18.6 Å². The molecule has 3 aromatic rings. The number of amides is 2. The van der Waals surface area contributed by atoms with Crippen LogP contribution < -0.4 is 4.90 Å². The highest BCUT2D eigenvalue weighted by Crippen LogP contribution is 2.62. The van der Waals surface area contributed by atoms with Crippen LogP contribution in [0, 0.1) is 23.2 Å². The summed E-state index contributed by atoms with van der Waals surface area (Å²) in [7, 11) is 1.46. The monoisotopic (exact) mass is 538 g/mol. The van der Waals surface area contributed by atoms with E-state index in [0.29, 0.717) is 40.4 Å². The van der Waals surface area contributed by atoms with Gasteiger partial charge in [0.15, 0.2) is 5.60 Å². The maximum Gasteiger partial charge on any atom is 0.342 e. The number of hydrogen-bond acceptors (Lipinski definition) is 7. The quantitative estimate of drug-likeness (QED) is 0.319. The number of ether oxygens (including phenoxy) is 3. The Morgan fingerprint density at radius 1 is 1.02 bits per heavy atom. The van der Waals surface area contributed by atoms with Gasteiger partial charge < -0.3 is 14.2 Å². The number of benzene rings is 3. The highest BCUT2D eigenvalue weighted by molar-refractivity contribution is 6.26. The number of nitriles is 1. The van der Waals surface area contributed by atoms with E-state index in [1.54, 1.807) is 31.2 Å². The minimum absolute atomic E-state index is 0.0190. The first-order chi connectivity index (χ1) is 19.2. The summed E-state index contributed by atoms with van der Waals surface area (Å²) in [5.41, 5.74) is -1.36. The van der Waals surface area contributed by atoms with Gasteiger partial charge in [0.2, 0.25) is 11.8 Å². The van der Waals surface area contributed by atoms with Crippen LogP contribution in [0.3, 0.4) is 0 Å². The summed E-state index contributed by atoms with van der Waals surface area (Å²) in [6.45, 7) is 3.58. The molecule has 0 aliphatic carbocycles. The molecule has 0 spiro atoms. The van der Waals surface area contributed by atoms with Crippen molar-refractivity contribution in [3.63, 3.8) is 0 Å². The average molecular weight is 539 g/mol. The zero-order valence-electron chi connectivity index (χ0n) is 22.7. The predicted octanol–water partition coefficient (Wildman–Crippen LogP) is 4.63. The van der Waals surface area contributed by atoms with Crippen LogP contribution >= 0.6 is 0 Å². The van der Waals surface area contributed by atoms with E-state index in [2.05, 4.69) is 6.07 Å². The van der Waals surface area contributed by atoms with E-state index in [9.17, 15) is 19.6 Å². The average Bonchev–Trinajstić information content (AvgIpc) is 3.56. The molecule has 3 aromatic carbocycles. The second-order valence-corrected chi connectivity index (χ2v) is 11.2. The van der Waals surface area contributed by atoms with Crippen molar-refractivity contribution in [1.82, 2.24) is 0 Å². The van der Waals surface area contributed by atoms with Crippen molar-refractivity contribution < 1.29 is 28.6 Å². The molecule has 0 saturated carbocycles. The lowest BCUT2D eigenvalue weighted by atomic mass is 9.67. The third-order valence-corrected chi connectivity index (χ3v) is 9.16. The predicted molar refractivity (Wildman–Crippen MR) is 146 cm³/mol. The lowest BCUT2D eigenvalue weighted by molar-refractivity contribution is -0.170. The molecule has 3 saturated heterocycles. The van der Waals surface area contributed by atoms with Crippen molar-refractivity contribution in [2.24, 2.45) is 11.8 Å². The summed E-state index contributed by atoms with van der Waals surface area (Å²) in [5, 5.41) is 10.9. The lowest BCUT2D eigenvalue weighted by Gasteiger charge is -2.32. The fourth-order valence-corrected chi connectivity index (χ4v) is 6.95. The molecule has 8 heteroatoms. The van der Waals surface area contributed by atoms with E-state index in [0.717, 1.165) is 0 Å². The van der Waals surface area contributed by atoms with Crippen LogP contribution in [-0.2, 0) is 34.2 Å². The zero-order valence-corrected chi connectivity index (χ0v) is 22.7. The van der Waals surface area contributed by atoms with Gasteiger partial charge in [-0.15, -0.1) is 0 Å². The number of fused-ring (bicyclic) bond motifs is 6. The van der Waals surface area contributed by atoms with Crippen molar-refractivity contribution in [1.29, 1.82) is 5.26 Å². The first-order valence-electron chi connectivity index (χ1n) is 13.5. The van der Waals surface area contributed by atoms with Gasteiger partial charge >= 0.3 is 5.97 Å². The van der Waals surface area contributed by atoms with E-state index in [1.165, 1.54) is 12.0 Å².